The maximum absolute atomic E-state index is 13.9. The van der Waals surface area contributed by atoms with E-state index in [1.807, 2.05) is 0 Å². The Kier molecular flexibility index (Phi) is 3.75. The Morgan fingerprint density at radius 1 is 1.26 bits per heavy atom. The van der Waals surface area contributed by atoms with Gasteiger partial charge < -0.3 is 9.76 Å². The van der Waals surface area contributed by atoms with Crippen LogP contribution in [0.5, 0.6) is 5.88 Å². The third-order valence-electron chi connectivity index (χ3n) is 2.46. The zero-order valence-electron chi connectivity index (χ0n) is 10.2. The topological polar surface area (TPSA) is 55.2 Å². The summed E-state index contributed by atoms with van der Waals surface area (Å²) in [4.78, 5) is 7.49. The Bertz CT molecular complexity index is 620. The Morgan fingerprint density at radius 2 is 1.89 bits per heavy atom. The first-order valence-electron chi connectivity index (χ1n) is 5.55. The number of hydrogen-bond acceptors (Lipinski definition) is 4. The van der Waals surface area contributed by atoms with E-state index < -0.39 is 17.5 Å². The average Bonchev–Trinajstić information content (AvgIpc) is 2.38. The summed E-state index contributed by atoms with van der Waals surface area (Å²) in [6.45, 7) is 0.0529. The van der Waals surface area contributed by atoms with Crippen molar-refractivity contribution in [2.75, 3.05) is 6.61 Å². The highest BCUT2D eigenvalue weighted by Gasteiger charge is 2.34. The molecule has 0 bridgehead atoms. The summed E-state index contributed by atoms with van der Waals surface area (Å²) in [6, 6.07) is 6.49. The molecule has 2 rings (SSSR count). The summed E-state index contributed by atoms with van der Waals surface area (Å²) >= 11 is 0. The molecule has 0 amide bonds. The Labute approximate surface area is 109 Å². The third-order valence-corrected chi connectivity index (χ3v) is 2.46. The maximum Gasteiger partial charge on any atom is 0.313 e. The molecule has 0 saturated heterocycles. The highest BCUT2D eigenvalue weighted by molar-refractivity contribution is 5.98. The van der Waals surface area contributed by atoms with Crippen LogP contribution >= 0.6 is 0 Å². The molecule has 2 aromatic rings. The number of aromatic nitrogens is 2. The average molecular weight is 264 g/mol. The van der Waals surface area contributed by atoms with Gasteiger partial charge in [-0.3, -0.25) is 0 Å². The zero-order valence-corrected chi connectivity index (χ0v) is 10.2. The van der Waals surface area contributed by atoms with E-state index in [0.29, 0.717) is 17.1 Å². The van der Waals surface area contributed by atoms with Gasteiger partial charge in [-0.2, -0.15) is 8.78 Å². The van der Waals surface area contributed by atoms with Crippen molar-refractivity contribution in [2.45, 2.75) is 5.92 Å². The van der Waals surface area contributed by atoms with Crippen molar-refractivity contribution >= 4 is 19.1 Å². The van der Waals surface area contributed by atoms with E-state index in [2.05, 4.69) is 14.6 Å². The van der Waals surface area contributed by atoms with Crippen molar-refractivity contribution in [1.29, 1.82) is 0 Å². The van der Waals surface area contributed by atoms with Gasteiger partial charge in [0.15, 0.2) is 5.69 Å². The van der Waals surface area contributed by atoms with Crippen molar-refractivity contribution in [2.24, 2.45) is 0 Å². The molecule has 19 heavy (non-hydrogen) atoms. The quantitative estimate of drug-likeness (QED) is 0.672. The van der Waals surface area contributed by atoms with Crippen molar-refractivity contribution < 1.29 is 18.5 Å². The first-order chi connectivity index (χ1) is 9.04. The molecule has 0 atom stereocenters. The highest BCUT2D eigenvalue weighted by Crippen LogP contribution is 2.34. The van der Waals surface area contributed by atoms with Crippen LogP contribution in [0, 0.1) is 0 Å². The summed E-state index contributed by atoms with van der Waals surface area (Å²) < 4.78 is 32.4. The number of fused-ring (bicyclic) bond motifs is 1. The third kappa shape index (κ3) is 2.87. The van der Waals surface area contributed by atoms with Gasteiger partial charge in [-0.15, -0.1) is 0 Å². The summed E-state index contributed by atoms with van der Waals surface area (Å²) in [6.07, 6.45) is 1.80. The summed E-state index contributed by atoms with van der Waals surface area (Å²) in [5.41, 5.74) is -0.103. The van der Waals surface area contributed by atoms with Crippen LogP contribution in [0.25, 0.3) is 11.0 Å². The molecule has 7 heteroatoms. The first-order valence-corrected chi connectivity index (χ1v) is 5.55. The van der Waals surface area contributed by atoms with Crippen LogP contribution in [0.15, 0.2) is 36.4 Å². The molecular weight excluding hydrogens is 253 g/mol. The lowest BCUT2D eigenvalue weighted by Crippen LogP contribution is -2.13. The Morgan fingerprint density at radius 3 is 2.53 bits per heavy atom. The second-order valence-electron chi connectivity index (χ2n) is 3.87. The number of hydrogen-bond donors (Lipinski definition) is 1. The van der Waals surface area contributed by atoms with E-state index in [1.54, 1.807) is 24.3 Å². The standard InChI is InChI=1S/C12H11BF2N2O2/c13-19-7-3-6-12(14,15)10-11(18)17-9-5-2-1-4-8(9)16-10/h1-6H,7,13H2,(H,17,18)/b6-3+. The Balaban J connectivity index is 2.46. The number of alkyl halides is 2. The van der Waals surface area contributed by atoms with Crippen molar-refractivity contribution in [1.82, 2.24) is 9.97 Å². The monoisotopic (exact) mass is 264 g/mol. The number of allylic oxidation sites excluding steroid dienone is 1. The highest BCUT2D eigenvalue weighted by atomic mass is 19.3. The number of rotatable bonds is 4. The van der Waals surface area contributed by atoms with Crippen LogP contribution in [-0.2, 0) is 10.6 Å². The van der Waals surface area contributed by atoms with Crippen LogP contribution in [0.4, 0.5) is 8.78 Å². The van der Waals surface area contributed by atoms with Gasteiger partial charge in [0.1, 0.15) is 0 Å². The Hall–Kier alpha value is -2.02. The second kappa shape index (κ2) is 5.32. The minimum atomic E-state index is -3.40. The fourth-order valence-electron chi connectivity index (χ4n) is 1.59. The van der Waals surface area contributed by atoms with Gasteiger partial charge in [-0.25, -0.2) is 9.97 Å². The van der Waals surface area contributed by atoms with E-state index >= 15 is 0 Å². The fraction of sp³-hybridized carbons (Fsp3) is 0.167. The first kappa shape index (κ1) is 13.4. The molecule has 0 fully saturated rings. The van der Waals surface area contributed by atoms with Crippen molar-refractivity contribution in [3.05, 3.63) is 42.1 Å². The smallest absolute Gasteiger partial charge is 0.313 e. The van der Waals surface area contributed by atoms with Gasteiger partial charge in [0.2, 0.25) is 5.88 Å². The number of nitrogens with zero attached hydrogens (tertiary/aromatic N) is 2. The molecule has 1 N–H and O–H groups in total. The molecule has 0 radical (unpaired) electrons. The molecular formula is C12H11BF2N2O2. The molecule has 4 nitrogen and oxygen atoms in total. The predicted molar refractivity (Wildman–Crippen MR) is 68.7 cm³/mol. The molecule has 1 heterocycles. The van der Waals surface area contributed by atoms with Gasteiger partial charge in [-0.05, 0) is 18.2 Å². The SMILES string of the molecule is BOC/C=C/C(F)(F)c1nc2ccccc2nc1O. The summed E-state index contributed by atoms with van der Waals surface area (Å²) in [5, 5.41) is 9.58. The van der Waals surface area contributed by atoms with Crippen LogP contribution in [0.3, 0.4) is 0 Å². The van der Waals surface area contributed by atoms with Gasteiger partial charge in [0.25, 0.3) is 8.05 Å². The minimum Gasteiger partial charge on any atom is -0.492 e. The largest absolute Gasteiger partial charge is 0.492 e. The zero-order chi connectivity index (χ0) is 13.9. The van der Waals surface area contributed by atoms with E-state index in [4.69, 9.17) is 0 Å². The molecule has 1 aromatic carbocycles. The van der Waals surface area contributed by atoms with Crippen LogP contribution in [-0.4, -0.2) is 29.7 Å². The number of para-hydroxylation sites is 2. The molecule has 0 aliphatic heterocycles. The lowest BCUT2D eigenvalue weighted by molar-refractivity contribution is 0.0435. The van der Waals surface area contributed by atoms with Gasteiger partial charge in [-0.1, -0.05) is 18.2 Å². The molecule has 0 saturated carbocycles. The molecule has 98 valence electrons. The molecule has 0 aliphatic carbocycles. The molecule has 1 aromatic heterocycles. The van der Waals surface area contributed by atoms with Gasteiger partial charge >= 0.3 is 5.92 Å². The second-order valence-corrected chi connectivity index (χ2v) is 3.87. The predicted octanol–water partition coefficient (Wildman–Crippen LogP) is 1.55. The number of halogens is 2. The molecule has 0 unspecified atom stereocenters. The van der Waals surface area contributed by atoms with E-state index in [0.717, 1.165) is 6.08 Å². The number of benzene rings is 1. The van der Waals surface area contributed by atoms with Gasteiger partial charge in [0, 0.05) is 6.61 Å². The van der Waals surface area contributed by atoms with E-state index in [9.17, 15) is 13.9 Å². The van der Waals surface area contributed by atoms with Crippen LogP contribution in [0.2, 0.25) is 0 Å². The van der Waals surface area contributed by atoms with Crippen LogP contribution in [0.1, 0.15) is 5.69 Å². The van der Waals surface area contributed by atoms with Crippen molar-refractivity contribution in [3.63, 3.8) is 0 Å². The fourth-order valence-corrected chi connectivity index (χ4v) is 1.59. The molecule has 0 aliphatic rings. The van der Waals surface area contributed by atoms with Crippen LogP contribution < -0.4 is 0 Å². The lowest BCUT2D eigenvalue weighted by atomic mass is 10.2. The lowest BCUT2D eigenvalue weighted by Gasteiger charge is -2.12. The maximum atomic E-state index is 13.9. The van der Waals surface area contributed by atoms with E-state index in [1.165, 1.54) is 8.05 Å². The summed E-state index contributed by atoms with van der Waals surface area (Å²) in [5.74, 6) is -4.18. The van der Waals surface area contributed by atoms with Crippen molar-refractivity contribution in [3.8, 4) is 5.88 Å². The summed E-state index contributed by atoms with van der Waals surface area (Å²) in [7, 11) is 1.40. The normalized spacial score (nSPS) is 12.3. The minimum absolute atomic E-state index is 0.0529. The van der Waals surface area contributed by atoms with E-state index in [-0.39, 0.29) is 6.61 Å². The number of aromatic hydroxyl groups is 1. The molecule has 0 spiro atoms. The van der Waals surface area contributed by atoms with Gasteiger partial charge in [0.05, 0.1) is 11.0 Å².